The first-order chi connectivity index (χ1) is 11.2. The second-order valence-corrected chi connectivity index (χ2v) is 7.32. The summed E-state index contributed by atoms with van der Waals surface area (Å²) in [5, 5.41) is 0. The van der Waals surface area contributed by atoms with Gasteiger partial charge >= 0.3 is 0 Å². The van der Waals surface area contributed by atoms with Crippen LogP contribution in [0.5, 0.6) is 0 Å². The second-order valence-electron chi connectivity index (χ2n) is 6.79. The molecule has 124 valence electrons. The molecule has 0 unspecified atom stereocenters. The first-order valence-electron chi connectivity index (χ1n) is 8.37. The van der Waals surface area contributed by atoms with E-state index in [1.807, 2.05) is 0 Å². The highest BCUT2D eigenvalue weighted by molar-refractivity contribution is 7.00. The lowest BCUT2D eigenvalue weighted by Gasteiger charge is -2.45. The first-order valence-corrected chi connectivity index (χ1v) is 9.10. The molecule has 6 heteroatoms. The van der Waals surface area contributed by atoms with E-state index in [1.54, 1.807) is 0 Å². The summed E-state index contributed by atoms with van der Waals surface area (Å²) >= 11 is 1.28. The van der Waals surface area contributed by atoms with Crippen LogP contribution in [0.3, 0.4) is 0 Å². The van der Waals surface area contributed by atoms with Gasteiger partial charge in [0.2, 0.25) is 0 Å². The van der Waals surface area contributed by atoms with Crippen LogP contribution in [0.4, 0.5) is 0 Å². The van der Waals surface area contributed by atoms with Crippen LogP contribution < -0.4 is 0 Å². The predicted octanol–water partition coefficient (Wildman–Crippen LogP) is 2.85. The van der Waals surface area contributed by atoms with E-state index in [0.717, 1.165) is 63.1 Å². The average molecular weight is 333 g/mol. The third-order valence-electron chi connectivity index (χ3n) is 5.24. The van der Waals surface area contributed by atoms with Crippen molar-refractivity contribution in [1.82, 2.24) is 13.6 Å². The van der Waals surface area contributed by atoms with Gasteiger partial charge in [0.15, 0.2) is 0 Å². The van der Waals surface area contributed by atoms with Crippen molar-refractivity contribution in [3.05, 3.63) is 23.8 Å². The van der Waals surface area contributed by atoms with Gasteiger partial charge in [-0.3, -0.25) is 4.90 Å². The van der Waals surface area contributed by atoms with E-state index in [1.165, 1.54) is 17.3 Å². The Morgan fingerprint density at radius 1 is 1.22 bits per heavy atom. The Labute approximate surface area is 140 Å². The van der Waals surface area contributed by atoms with Gasteiger partial charge in [0.1, 0.15) is 11.0 Å². The van der Waals surface area contributed by atoms with Crippen LogP contribution in [0.1, 0.15) is 31.2 Å². The molecule has 0 radical (unpaired) electrons. The van der Waals surface area contributed by atoms with Gasteiger partial charge in [-0.2, -0.15) is 8.75 Å². The largest absolute Gasteiger partial charge is 0.381 e. The summed E-state index contributed by atoms with van der Waals surface area (Å²) in [5.74, 6) is 0. The highest BCUT2D eigenvalue weighted by Crippen LogP contribution is 2.36. The summed E-state index contributed by atoms with van der Waals surface area (Å²) in [6.45, 7) is 3.49. The number of aromatic nitrogens is 2. The monoisotopic (exact) mass is 333 g/mol. The number of fused-ring (bicyclic) bond motifs is 1. The molecule has 23 heavy (non-hydrogen) atoms. The Morgan fingerprint density at radius 2 is 2.04 bits per heavy atom. The molecular weight excluding hydrogens is 310 g/mol. The number of ether oxygens (including phenoxy) is 2. The van der Waals surface area contributed by atoms with E-state index in [4.69, 9.17) is 9.47 Å². The maximum atomic E-state index is 6.16. The fourth-order valence-electron chi connectivity index (χ4n) is 3.81. The zero-order valence-electron chi connectivity index (χ0n) is 13.5. The molecule has 2 fully saturated rings. The molecule has 0 saturated carbocycles. The van der Waals surface area contributed by atoms with Crippen molar-refractivity contribution >= 4 is 22.8 Å². The Morgan fingerprint density at radius 3 is 2.91 bits per heavy atom. The van der Waals surface area contributed by atoms with Crippen LogP contribution in [-0.4, -0.2) is 52.2 Å². The normalized spacial score (nSPS) is 24.5. The molecule has 2 saturated heterocycles. The quantitative estimate of drug-likeness (QED) is 0.864. The third-order valence-corrected chi connectivity index (χ3v) is 5.80. The van der Waals surface area contributed by atoms with Crippen molar-refractivity contribution in [1.29, 1.82) is 0 Å². The summed E-state index contributed by atoms with van der Waals surface area (Å²) in [7, 11) is 2.23. The zero-order chi connectivity index (χ0) is 15.7. The van der Waals surface area contributed by atoms with Gasteiger partial charge < -0.3 is 9.47 Å². The first kappa shape index (κ1) is 15.4. The minimum Gasteiger partial charge on any atom is -0.381 e. The van der Waals surface area contributed by atoms with Gasteiger partial charge in [0, 0.05) is 32.4 Å². The molecular formula is C17H23N3O2S. The molecule has 2 aliphatic rings. The van der Waals surface area contributed by atoms with Crippen LogP contribution in [0.15, 0.2) is 18.2 Å². The van der Waals surface area contributed by atoms with Crippen LogP contribution in [0.25, 0.3) is 11.0 Å². The lowest BCUT2D eigenvalue weighted by Crippen LogP contribution is -2.50. The fourth-order valence-corrected chi connectivity index (χ4v) is 4.33. The van der Waals surface area contributed by atoms with Crippen LogP contribution in [-0.2, 0) is 16.0 Å². The summed E-state index contributed by atoms with van der Waals surface area (Å²) < 4.78 is 20.3. The molecule has 0 aliphatic carbocycles. The number of nitrogens with zero attached hydrogens (tertiary/aromatic N) is 3. The van der Waals surface area contributed by atoms with Gasteiger partial charge in [-0.15, -0.1) is 0 Å². The molecule has 2 aromatic rings. The second kappa shape index (κ2) is 6.43. The maximum absolute atomic E-state index is 6.16. The van der Waals surface area contributed by atoms with E-state index in [9.17, 15) is 0 Å². The number of rotatable bonds is 3. The van der Waals surface area contributed by atoms with Crippen molar-refractivity contribution in [2.24, 2.45) is 0 Å². The smallest absolute Gasteiger partial charge is 0.105 e. The van der Waals surface area contributed by atoms with Gasteiger partial charge in [-0.25, -0.2) is 0 Å². The molecule has 4 rings (SSSR count). The molecule has 0 bridgehead atoms. The van der Waals surface area contributed by atoms with Gasteiger partial charge in [0.05, 0.1) is 17.3 Å². The molecule has 5 nitrogen and oxygen atoms in total. The molecule has 0 N–H and O–H groups in total. The number of hydrogen-bond acceptors (Lipinski definition) is 6. The van der Waals surface area contributed by atoms with Gasteiger partial charge in [0.25, 0.3) is 0 Å². The Hall–Kier alpha value is -1.08. The number of benzene rings is 1. The lowest BCUT2D eigenvalue weighted by atomic mass is 9.83. The molecule has 0 amide bonds. The highest BCUT2D eigenvalue weighted by Gasteiger charge is 2.40. The SMILES string of the molecule is CN(Cc1ccc2nsnc2c1)[C@H]1CCOC2(CCOCC2)C1. The number of hydrogen-bond donors (Lipinski definition) is 0. The van der Waals surface area contributed by atoms with Crippen molar-refractivity contribution in [3.8, 4) is 0 Å². The average Bonchev–Trinajstić information content (AvgIpc) is 3.03. The minimum absolute atomic E-state index is 0.0538. The summed E-state index contributed by atoms with van der Waals surface area (Å²) in [6.07, 6.45) is 4.30. The maximum Gasteiger partial charge on any atom is 0.105 e. The summed E-state index contributed by atoms with van der Waals surface area (Å²) in [6, 6.07) is 6.99. The Kier molecular flexibility index (Phi) is 4.32. The van der Waals surface area contributed by atoms with Crippen LogP contribution >= 0.6 is 11.7 Å². The highest BCUT2D eigenvalue weighted by atomic mass is 32.1. The molecule has 3 heterocycles. The standard InChI is InChI=1S/C17H23N3O2S/c1-20(12-13-2-3-15-16(10-13)19-23-18-15)14-4-7-22-17(11-14)5-8-21-9-6-17/h2-3,10,14H,4-9,11-12H2,1H3/t14-/m0/s1. The molecule has 2 aliphatic heterocycles. The van der Waals surface area contributed by atoms with Crippen molar-refractivity contribution in [2.45, 2.75) is 43.9 Å². The third kappa shape index (κ3) is 3.26. The van der Waals surface area contributed by atoms with Crippen molar-refractivity contribution in [3.63, 3.8) is 0 Å². The Balaban J connectivity index is 1.44. The lowest BCUT2D eigenvalue weighted by molar-refractivity contribution is -0.150. The topological polar surface area (TPSA) is 47.5 Å². The van der Waals surface area contributed by atoms with E-state index in [2.05, 4.69) is 38.9 Å². The zero-order valence-corrected chi connectivity index (χ0v) is 14.3. The van der Waals surface area contributed by atoms with Crippen LogP contribution in [0, 0.1) is 0 Å². The summed E-state index contributed by atoms with van der Waals surface area (Å²) in [5.41, 5.74) is 3.36. The van der Waals surface area contributed by atoms with Gasteiger partial charge in [-0.05, 0) is 50.4 Å². The van der Waals surface area contributed by atoms with Crippen LogP contribution in [0.2, 0.25) is 0 Å². The van der Waals surface area contributed by atoms with E-state index >= 15 is 0 Å². The molecule has 1 atom stereocenters. The molecule has 1 spiro atoms. The van der Waals surface area contributed by atoms with E-state index < -0.39 is 0 Å². The summed E-state index contributed by atoms with van der Waals surface area (Å²) in [4.78, 5) is 2.47. The van der Waals surface area contributed by atoms with Gasteiger partial charge in [-0.1, -0.05) is 6.07 Å². The minimum atomic E-state index is 0.0538. The fraction of sp³-hybridized carbons (Fsp3) is 0.647. The molecule has 1 aromatic heterocycles. The van der Waals surface area contributed by atoms with E-state index in [0.29, 0.717) is 6.04 Å². The van der Waals surface area contributed by atoms with E-state index in [-0.39, 0.29) is 5.60 Å². The predicted molar refractivity (Wildman–Crippen MR) is 90.6 cm³/mol. The van der Waals surface area contributed by atoms with Crippen molar-refractivity contribution in [2.75, 3.05) is 26.9 Å². The van der Waals surface area contributed by atoms with Crippen molar-refractivity contribution < 1.29 is 9.47 Å². The Bertz CT molecular complexity index is 663. The molecule has 1 aromatic carbocycles.